The highest BCUT2D eigenvalue weighted by molar-refractivity contribution is 6.40. The molecule has 5 rings (SSSR count). The number of anilines is 2. The van der Waals surface area contributed by atoms with Gasteiger partial charge in [-0.05, 0) is 66.7 Å². The van der Waals surface area contributed by atoms with E-state index in [0.717, 1.165) is 11.1 Å². The van der Waals surface area contributed by atoms with Gasteiger partial charge in [-0.2, -0.15) is 0 Å². The summed E-state index contributed by atoms with van der Waals surface area (Å²) in [7, 11) is 4.48. The normalized spacial score (nSPS) is 10.8. The summed E-state index contributed by atoms with van der Waals surface area (Å²) in [6.45, 7) is 0. The SMILES string of the molecule is COc1cc(C(=O)Nc2ccc(-c3nc4ccc(NC(=O)c5c(Cl)cccc5Cl)cc4[nH]3)cc2)cc(OC)c1OC. The molecule has 0 aliphatic carbocycles. The van der Waals surface area contributed by atoms with Gasteiger partial charge in [0.25, 0.3) is 11.8 Å². The molecule has 9 nitrogen and oxygen atoms in total. The Balaban J connectivity index is 1.31. The number of aromatic nitrogens is 2. The predicted molar refractivity (Wildman–Crippen MR) is 160 cm³/mol. The Labute approximate surface area is 245 Å². The van der Waals surface area contributed by atoms with Gasteiger partial charge in [0.2, 0.25) is 5.75 Å². The lowest BCUT2D eigenvalue weighted by atomic mass is 10.1. The van der Waals surface area contributed by atoms with Crippen molar-refractivity contribution in [1.29, 1.82) is 0 Å². The molecule has 0 bridgehead atoms. The Morgan fingerprint density at radius 3 is 1.98 bits per heavy atom. The van der Waals surface area contributed by atoms with Crippen LogP contribution < -0.4 is 24.8 Å². The second-order valence-corrected chi connectivity index (χ2v) is 9.63. The van der Waals surface area contributed by atoms with Gasteiger partial charge in [0, 0.05) is 22.5 Å². The van der Waals surface area contributed by atoms with Gasteiger partial charge < -0.3 is 29.8 Å². The highest BCUT2D eigenvalue weighted by Gasteiger charge is 2.18. The fourth-order valence-electron chi connectivity index (χ4n) is 4.26. The summed E-state index contributed by atoms with van der Waals surface area (Å²) in [6.07, 6.45) is 0. The Kier molecular flexibility index (Phi) is 8.00. The van der Waals surface area contributed by atoms with Gasteiger partial charge in [0.05, 0.1) is 48.0 Å². The molecule has 0 atom stereocenters. The van der Waals surface area contributed by atoms with Crippen LogP contribution in [0.25, 0.3) is 22.4 Å². The van der Waals surface area contributed by atoms with E-state index >= 15 is 0 Å². The molecule has 0 radical (unpaired) electrons. The second-order valence-electron chi connectivity index (χ2n) is 8.81. The smallest absolute Gasteiger partial charge is 0.258 e. The summed E-state index contributed by atoms with van der Waals surface area (Å²) in [4.78, 5) is 33.6. The number of amides is 2. The fourth-order valence-corrected chi connectivity index (χ4v) is 4.83. The average molecular weight is 591 g/mol. The predicted octanol–water partition coefficient (Wildman–Crippen LogP) is 7.07. The zero-order chi connectivity index (χ0) is 29.1. The van der Waals surface area contributed by atoms with Crippen LogP contribution in [0, 0.1) is 0 Å². The molecule has 0 saturated carbocycles. The molecule has 3 N–H and O–H groups in total. The van der Waals surface area contributed by atoms with Gasteiger partial charge in [-0.1, -0.05) is 29.3 Å². The first-order valence-corrected chi connectivity index (χ1v) is 13.0. The number of benzene rings is 4. The van der Waals surface area contributed by atoms with E-state index in [0.29, 0.717) is 45.5 Å². The van der Waals surface area contributed by atoms with Crippen LogP contribution in [0.1, 0.15) is 20.7 Å². The maximum Gasteiger partial charge on any atom is 0.258 e. The number of rotatable bonds is 8. The third-order valence-electron chi connectivity index (χ3n) is 6.27. The van der Waals surface area contributed by atoms with Gasteiger partial charge in [-0.3, -0.25) is 9.59 Å². The minimum absolute atomic E-state index is 0.207. The molecule has 0 aliphatic rings. The lowest BCUT2D eigenvalue weighted by Crippen LogP contribution is -2.13. The number of ether oxygens (including phenoxy) is 3. The molecule has 4 aromatic carbocycles. The molecule has 5 aromatic rings. The van der Waals surface area contributed by atoms with E-state index < -0.39 is 5.91 Å². The van der Waals surface area contributed by atoms with E-state index in [-0.39, 0.29) is 21.5 Å². The highest BCUT2D eigenvalue weighted by Crippen LogP contribution is 2.38. The van der Waals surface area contributed by atoms with Crippen LogP contribution in [-0.2, 0) is 0 Å². The number of nitrogens with zero attached hydrogens (tertiary/aromatic N) is 1. The van der Waals surface area contributed by atoms with Crippen LogP contribution in [0.15, 0.2) is 72.8 Å². The minimum atomic E-state index is -0.413. The van der Waals surface area contributed by atoms with Crippen molar-refractivity contribution < 1.29 is 23.8 Å². The summed E-state index contributed by atoms with van der Waals surface area (Å²) in [5.41, 5.74) is 3.95. The molecular weight excluding hydrogens is 567 g/mol. The van der Waals surface area contributed by atoms with Gasteiger partial charge >= 0.3 is 0 Å². The van der Waals surface area contributed by atoms with E-state index in [1.807, 2.05) is 12.1 Å². The number of imidazole rings is 1. The van der Waals surface area contributed by atoms with Crippen molar-refractivity contribution in [3.8, 4) is 28.6 Å². The average Bonchev–Trinajstić information content (AvgIpc) is 3.40. The van der Waals surface area contributed by atoms with Gasteiger partial charge in [-0.25, -0.2) is 4.98 Å². The molecule has 1 heterocycles. The maximum atomic E-state index is 12.9. The molecule has 0 spiro atoms. The molecule has 0 fully saturated rings. The Bertz CT molecular complexity index is 1720. The van der Waals surface area contributed by atoms with Gasteiger partial charge in [0.1, 0.15) is 5.82 Å². The van der Waals surface area contributed by atoms with Crippen LogP contribution in [0.4, 0.5) is 11.4 Å². The van der Waals surface area contributed by atoms with E-state index in [1.165, 1.54) is 21.3 Å². The largest absolute Gasteiger partial charge is 0.493 e. The van der Waals surface area contributed by atoms with Crippen LogP contribution in [0.3, 0.4) is 0 Å². The monoisotopic (exact) mass is 590 g/mol. The number of hydrogen-bond donors (Lipinski definition) is 3. The van der Waals surface area contributed by atoms with E-state index in [2.05, 4.69) is 20.6 Å². The highest BCUT2D eigenvalue weighted by atomic mass is 35.5. The number of nitrogens with one attached hydrogen (secondary N) is 3. The number of aromatic amines is 1. The Hall–Kier alpha value is -4.73. The quantitative estimate of drug-likeness (QED) is 0.178. The number of H-pyrrole nitrogens is 1. The molecule has 41 heavy (non-hydrogen) atoms. The molecule has 2 amide bonds. The molecule has 0 unspecified atom stereocenters. The first kappa shape index (κ1) is 27.8. The summed E-state index contributed by atoms with van der Waals surface area (Å²) >= 11 is 12.3. The van der Waals surface area contributed by atoms with Crippen LogP contribution >= 0.6 is 23.2 Å². The summed E-state index contributed by atoms with van der Waals surface area (Å²) in [5.74, 6) is 1.04. The molecule has 208 valence electrons. The number of methoxy groups -OCH3 is 3. The first-order valence-electron chi connectivity index (χ1n) is 12.3. The van der Waals surface area contributed by atoms with Gasteiger partial charge in [-0.15, -0.1) is 0 Å². The molecule has 11 heteroatoms. The van der Waals surface area contributed by atoms with Crippen molar-refractivity contribution >= 4 is 57.4 Å². The van der Waals surface area contributed by atoms with Crippen molar-refractivity contribution in [2.24, 2.45) is 0 Å². The summed E-state index contributed by atoms with van der Waals surface area (Å²) in [6, 6.07) is 20.6. The zero-order valence-electron chi connectivity index (χ0n) is 22.2. The van der Waals surface area contributed by atoms with Crippen LogP contribution in [0.5, 0.6) is 17.2 Å². The Morgan fingerprint density at radius 2 is 1.37 bits per heavy atom. The summed E-state index contributed by atoms with van der Waals surface area (Å²) in [5, 5.41) is 6.23. The summed E-state index contributed by atoms with van der Waals surface area (Å²) < 4.78 is 16.0. The Morgan fingerprint density at radius 1 is 0.756 bits per heavy atom. The zero-order valence-corrected chi connectivity index (χ0v) is 23.7. The topological polar surface area (TPSA) is 115 Å². The van der Waals surface area contributed by atoms with Crippen molar-refractivity contribution in [1.82, 2.24) is 9.97 Å². The minimum Gasteiger partial charge on any atom is -0.493 e. The van der Waals surface area contributed by atoms with Gasteiger partial charge in [0.15, 0.2) is 11.5 Å². The van der Waals surface area contributed by atoms with E-state index in [1.54, 1.807) is 60.7 Å². The van der Waals surface area contributed by atoms with E-state index in [9.17, 15) is 9.59 Å². The molecular formula is C30H24Cl2N4O5. The third-order valence-corrected chi connectivity index (χ3v) is 6.90. The van der Waals surface area contributed by atoms with Crippen LogP contribution in [0.2, 0.25) is 10.0 Å². The third kappa shape index (κ3) is 5.77. The molecule has 1 aromatic heterocycles. The number of carbonyl (C=O) groups excluding carboxylic acids is 2. The molecule has 0 aliphatic heterocycles. The van der Waals surface area contributed by atoms with Crippen molar-refractivity contribution in [3.05, 3.63) is 94.0 Å². The number of hydrogen-bond acceptors (Lipinski definition) is 6. The van der Waals surface area contributed by atoms with Crippen molar-refractivity contribution in [3.63, 3.8) is 0 Å². The molecule has 0 saturated heterocycles. The number of fused-ring (bicyclic) bond motifs is 1. The van der Waals surface area contributed by atoms with Crippen LogP contribution in [-0.4, -0.2) is 43.1 Å². The van der Waals surface area contributed by atoms with Crippen molar-refractivity contribution in [2.75, 3.05) is 32.0 Å². The van der Waals surface area contributed by atoms with E-state index in [4.69, 9.17) is 37.4 Å². The standard InChI is InChI=1S/C30H24Cl2N4O5/c1-39-24-13-17(14-25(40-2)27(24)41-3)29(37)33-18-9-7-16(8-10-18)28-35-22-12-11-19(15-23(22)36-28)34-30(38)26-20(31)5-4-6-21(26)32/h4-15H,1-3H3,(H,33,37)(H,34,38)(H,35,36). The first-order chi connectivity index (χ1) is 19.8. The second kappa shape index (κ2) is 11.8. The maximum absolute atomic E-state index is 12.9. The lowest BCUT2D eigenvalue weighted by molar-refractivity contribution is 0.101. The lowest BCUT2D eigenvalue weighted by Gasteiger charge is -2.14. The number of halogens is 2. The van der Waals surface area contributed by atoms with Crippen molar-refractivity contribution in [2.45, 2.75) is 0 Å². The number of carbonyl (C=O) groups is 2. The fraction of sp³-hybridized carbons (Fsp3) is 0.100.